The molecule has 2 aromatic carbocycles. The maximum atomic E-state index is 14.9. The van der Waals surface area contributed by atoms with E-state index in [0.29, 0.717) is 16.9 Å². The Labute approximate surface area is 246 Å². The number of aryl methyl sites for hydroxylation is 1. The first-order valence-corrected chi connectivity index (χ1v) is 13.4. The fourth-order valence-electron chi connectivity index (χ4n) is 5.03. The Bertz CT molecular complexity index is 1760. The molecular weight excluding hydrogens is 603 g/mol. The third-order valence-corrected chi connectivity index (χ3v) is 7.90. The summed E-state index contributed by atoms with van der Waals surface area (Å²) in [6.07, 6.45) is -3.61. The first-order valence-electron chi connectivity index (χ1n) is 12.7. The fraction of sp³-hybridized carbons (Fsp3) is 0.250. The number of hydrogen-bond donors (Lipinski definition) is 1. The molecule has 1 saturated heterocycles. The molecule has 0 unspecified atom stereocenters. The highest BCUT2D eigenvalue weighted by Gasteiger charge is 2.50. The number of nitrogens with zero attached hydrogens (tertiary/aromatic N) is 3. The maximum absolute atomic E-state index is 14.9. The Hall–Kier alpha value is -3.87. The molecule has 2 aromatic heterocycles. The van der Waals surface area contributed by atoms with Gasteiger partial charge in [-0.1, -0.05) is 46.0 Å². The lowest BCUT2D eigenvalue weighted by atomic mass is 10.0. The molecule has 0 spiro atoms. The van der Waals surface area contributed by atoms with Crippen molar-refractivity contribution >= 4 is 46.3 Å². The number of H-pyrrole nitrogens is 1. The van der Waals surface area contributed by atoms with E-state index in [1.807, 2.05) is 0 Å². The molecule has 5 rings (SSSR count). The lowest BCUT2D eigenvalue weighted by molar-refractivity contribution is -0.238. The molecule has 0 aliphatic carbocycles. The van der Waals surface area contributed by atoms with Crippen LogP contribution in [0.5, 0.6) is 0 Å². The first-order chi connectivity index (χ1) is 19.8. The summed E-state index contributed by atoms with van der Waals surface area (Å²) in [5, 5.41) is 0.302. The molecule has 1 aliphatic rings. The minimum absolute atomic E-state index is 0.112. The van der Waals surface area contributed by atoms with Gasteiger partial charge in [-0.2, -0.15) is 13.2 Å². The zero-order chi connectivity index (χ0) is 30.4. The molecule has 4 aromatic rings. The molecule has 3 heterocycles. The Kier molecular flexibility index (Phi) is 7.82. The summed E-state index contributed by atoms with van der Waals surface area (Å²) in [4.78, 5) is 46.4. The molecule has 1 fully saturated rings. The third-order valence-electron chi connectivity index (χ3n) is 7.14. The average Bonchev–Trinajstić information content (AvgIpc) is 3.25. The summed E-state index contributed by atoms with van der Waals surface area (Å²) in [6, 6.07) is 12.0. The summed E-state index contributed by atoms with van der Waals surface area (Å²) >= 11 is 12.4. The quantitative estimate of drug-likeness (QED) is 0.236. The SMILES string of the molecule is Cc1cccc([N+]2(OC(=O)C(F)(F)F)CCN(C(=O)c3cc(Cc4c[nH]c(=O)c5cc(Cl)c(Cl)n45)ccc3F)CC2)c1. The van der Waals surface area contributed by atoms with Gasteiger partial charge in [0.05, 0.1) is 23.7 Å². The number of hydrogen-bond acceptors (Lipinski definition) is 4. The van der Waals surface area contributed by atoms with Gasteiger partial charge in [0.2, 0.25) is 0 Å². The van der Waals surface area contributed by atoms with Gasteiger partial charge < -0.3 is 9.88 Å². The highest BCUT2D eigenvalue weighted by molar-refractivity contribution is 6.42. The number of fused-ring (bicyclic) bond motifs is 1. The lowest BCUT2D eigenvalue weighted by Gasteiger charge is -2.40. The summed E-state index contributed by atoms with van der Waals surface area (Å²) < 4.78 is 55.0. The van der Waals surface area contributed by atoms with Crippen molar-refractivity contribution in [2.75, 3.05) is 26.2 Å². The molecule has 0 bridgehead atoms. The number of aromatic nitrogens is 2. The monoisotopic (exact) mass is 625 g/mol. The van der Waals surface area contributed by atoms with Crippen molar-refractivity contribution in [1.82, 2.24) is 18.9 Å². The van der Waals surface area contributed by atoms with Gasteiger partial charge in [-0.15, -0.1) is 0 Å². The predicted molar refractivity (Wildman–Crippen MR) is 148 cm³/mol. The number of halogens is 6. The van der Waals surface area contributed by atoms with Crippen LogP contribution in [0.2, 0.25) is 10.2 Å². The Morgan fingerprint density at radius 2 is 1.79 bits per heavy atom. The topological polar surface area (TPSA) is 83.9 Å². The van der Waals surface area contributed by atoms with Crippen molar-refractivity contribution in [3.8, 4) is 0 Å². The smallest absolute Gasteiger partial charge is 0.327 e. The standard InChI is InChI=1S/C28H22Cl2F4N4O4/c1-16-3-2-4-19(11-16)38(42-27(41)28(32,33)34)9-7-36(8-10-38)26(40)20-13-17(5-6-22(20)31)12-18-15-35-25(39)23-14-21(29)24(30)37(18)23/h2-6,11,13-15H,7-10,12H2,1H3/p+1. The zero-order valence-corrected chi connectivity index (χ0v) is 23.5. The lowest BCUT2D eigenvalue weighted by Crippen LogP contribution is -2.63. The number of hydroxylamine groups is 2. The van der Waals surface area contributed by atoms with Crippen LogP contribution < -0.4 is 10.2 Å². The van der Waals surface area contributed by atoms with E-state index in [0.717, 1.165) is 11.6 Å². The van der Waals surface area contributed by atoms with Crippen molar-refractivity contribution in [2.24, 2.45) is 0 Å². The molecule has 1 aliphatic heterocycles. The van der Waals surface area contributed by atoms with Gasteiger partial charge in [-0.3, -0.25) is 18.8 Å². The number of amides is 1. The van der Waals surface area contributed by atoms with Crippen LogP contribution in [0, 0.1) is 12.7 Å². The highest BCUT2D eigenvalue weighted by Crippen LogP contribution is 2.31. The van der Waals surface area contributed by atoms with E-state index < -0.39 is 34.1 Å². The van der Waals surface area contributed by atoms with Crippen LogP contribution in [0.3, 0.4) is 0 Å². The maximum Gasteiger partial charge on any atom is 0.497 e. The van der Waals surface area contributed by atoms with Crippen LogP contribution in [0.4, 0.5) is 23.2 Å². The Balaban J connectivity index is 1.39. The first kappa shape index (κ1) is 29.6. The minimum Gasteiger partial charge on any atom is -0.327 e. The molecule has 1 N–H and O–H groups in total. The van der Waals surface area contributed by atoms with E-state index in [4.69, 9.17) is 28.0 Å². The van der Waals surface area contributed by atoms with Crippen LogP contribution in [-0.4, -0.2) is 58.5 Å². The van der Waals surface area contributed by atoms with E-state index in [9.17, 15) is 31.9 Å². The molecule has 0 radical (unpaired) electrons. The van der Waals surface area contributed by atoms with E-state index in [1.54, 1.807) is 31.2 Å². The summed E-state index contributed by atoms with van der Waals surface area (Å²) in [6.45, 7) is 1.17. The summed E-state index contributed by atoms with van der Waals surface area (Å²) in [5.74, 6) is -3.80. The molecule has 42 heavy (non-hydrogen) atoms. The van der Waals surface area contributed by atoms with Crippen LogP contribution in [-0.2, 0) is 16.1 Å². The third kappa shape index (κ3) is 5.61. The second-order valence-electron chi connectivity index (χ2n) is 9.95. The van der Waals surface area contributed by atoms with Gasteiger partial charge >= 0.3 is 12.1 Å². The molecule has 0 atom stereocenters. The number of quaternary nitrogens is 1. The number of rotatable bonds is 5. The van der Waals surface area contributed by atoms with Crippen molar-refractivity contribution in [3.63, 3.8) is 0 Å². The minimum atomic E-state index is -5.21. The van der Waals surface area contributed by atoms with Crippen LogP contribution in [0.15, 0.2) is 59.5 Å². The van der Waals surface area contributed by atoms with Crippen molar-refractivity contribution in [1.29, 1.82) is 0 Å². The van der Waals surface area contributed by atoms with Crippen LogP contribution >= 0.6 is 23.2 Å². The number of nitrogens with one attached hydrogen (secondary N) is 1. The number of benzene rings is 2. The number of carbonyl (C=O) groups is 2. The van der Waals surface area contributed by atoms with Gasteiger partial charge in [-0.25, -0.2) is 9.18 Å². The van der Waals surface area contributed by atoms with E-state index in [-0.39, 0.29) is 53.9 Å². The average molecular weight is 626 g/mol. The molecule has 220 valence electrons. The Morgan fingerprint density at radius 3 is 2.45 bits per heavy atom. The van der Waals surface area contributed by atoms with Gasteiger partial charge in [0.15, 0.2) is 5.69 Å². The number of aromatic amines is 1. The van der Waals surface area contributed by atoms with Crippen molar-refractivity contribution in [3.05, 3.63) is 103 Å². The van der Waals surface area contributed by atoms with Crippen LogP contribution in [0.25, 0.3) is 5.52 Å². The normalized spacial score (nSPS) is 15.2. The van der Waals surface area contributed by atoms with Gasteiger partial charge in [0.25, 0.3) is 11.5 Å². The molecule has 0 saturated carbocycles. The number of piperazine rings is 1. The second-order valence-corrected chi connectivity index (χ2v) is 10.7. The molecule has 8 nitrogen and oxygen atoms in total. The number of alkyl halides is 3. The second kappa shape index (κ2) is 11.1. The molecule has 14 heteroatoms. The van der Waals surface area contributed by atoms with E-state index in [1.165, 1.54) is 33.7 Å². The molecule has 1 amide bonds. The molecular formula is C28H23Cl2F4N4O4+. The van der Waals surface area contributed by atoms with Gasteiger partial charge in [0.1, 0.15) is 29.6 Å². The fourth-order valence-corrected chi connectivity index (χ4v) is 5.48. The van der Waals surface area contributed by atoms with E-state index >= 15 is 0 Å². The van der Waals surface area contributed by atoms with Crippen molar-refractivity contribution < 1.29 is 32.0 Å². The zero-order valence-electron chi connectivity index (χ0n) is 22.0. The number of carbonyl (C=O) groups excluding carboxylic acids is 2. The summed E-state index contributed by atoms with van der Waals surface area (Å²) in [7, 11) is 0. The van der Waals surface area contributed by atoms with Gasteiger partial charge in [-0.05, 0) is 36.2 Å². The van der Waals surface area contributed by atoms with Crippen molar-refractivity contribution in [2.45, 2.75) is 19.5 Å². The highest BCUT2D eigenvalue weighted by atomic mass is 35.5. The largest absolute Gasteiger partial charge is 0.497 e. The summed E-state index contributed by atoms with van der Waals surface area (Å²) in [5.41, 5.74) is 1.68. The Morgan fingerprint density at radius 1 is 1.07 bits per heavy atom. The van der Waals surface area contributed by atoms with Gasteiger partial charge in [0, 0.05) is 30.4 Å². The predicted octanol–water partition coefficient (Wildman–Crippen LogP) is 5.46. The van der Waals surface area contributed by atoms with E-state index in [2.05, 4.69) is 4.98 Å². The van der Waals surface area contributed by atoms with Crippen LogP contribution in [0.1, 0.15) is 27.2 Å².